The van der Waals surface area contributed by atoms with Crippen molar-refractivity contribution < 1.29 is 5.11 Å². The Balaban J connectivity index is 3.46. The lowest BCUT2D eigenvalue weighted by Crippen LogP contribution is -1.78. The lowest BCUT2D eigenvalue weighted by molar-refractivity contribution is 0.340. The van der Waals surface area contributed by atoms with Crippen molar-refractivity contribution in [1.29, 1.82) is 0 Å². The monoisotopic (exact) mass is 221 g/mol. The summed E-state index contributed by atoms with van der Waals surface area (Å²) in [6.45, 7) is 0. The Labute approximate surface area is 86.8 Å². The predicted molar refractivity (Wildman–Crippen MR) is 55.6 cm³/mol. The molecule has 0 heterocycles. The molecule has 1 aromatic rings. The zero-order chi connectivity index (χ0) is 8.59. The van der Waals surface area contributed by atoms with Gasteiger partial charge in [0, 0.05) is 20.8 Å². The maximum atomic E-state index is 11.0. The van der Waals surface area contributed by atoms with Crippen molar-refractivity contribution in [3.05, 3.63) is 6.07 Å². The molecule has 1 nitrogen and oxygen atoms in total. The molecule has 0 unspecified atom stereocenters. The van der Waals surface area contributed by atoms with Crippen LogP contribution in [0.4, 0.5) is 0 Å². The quantitative estimate of drug-likeness (QED) is 0.483. The van der Waals surface area contributed by atoms with Crippen LogP contribution in [0, 0.1) is 0 Å². The van der Waals surface area contributed by atoms with Gasteiger partial charge in [0.2, 0.25) is 0 Å². The maximum absolute atomic E-state index is 11.0. The molecule has 0 aromatic heterocycles. The van der Waals surface area contributed by atoms with Crippen LogP contribution >= 0.6 is 50.5 Å². The first-order valence-corrected chi connectivity index (χ1v) is 4.46. The molecular formula is C6H5OS4. The third-order valence-electron chi connectivity index (χ3n) is 1.19. The molecule has 0 atom stereocenters. The molecule has 0 saturated heterocycles. The van der Waals surface area contributed by atoms with Crippen molar-refractivity contribution in [2.75, 3.05) is 0 Å². The molecule has 5 heteroatoms. The second kappa shape index (κ2) is 3.43. The van der Waals surface area contributed by atoms with Crippen LogP contribution in [-0.2, 0) is 5.11 Å². The largest absolute Gasteiger partial charge is 0.289 e. The summed E-state index contributed by atoms with van der Waals surface area (Å²) in [7, 11) is 0. The molecule has 1 rings (SSSR count). The second-order valence-corrected chi connectivity index (χ2v) is 3.76. The average Bonchev–Trinajstić information content (AvgIpc) is 1.97. The molecular weight excluding hydrogens is 216 g/mol. The molecule has 0 saturated carbocycles. The van der Waals surface area contributed by atoms with Crippen LogP contribution < -0.4 is 0 Å². The standard InChI is InChI=1S/C6H5OS4/c7-2-1-3(8)5(10)6(11)4(2)9/h1,8-11H. The van der Waals surface area contributed by atoms with E-state index in [1.54, 1.807) is 0 Å². The molecule has 0 spiro atoms. The summed E-state index contributed by atoms with van der Waals surface area (Å²) < 4.78 is 0. The fourth-order valence-corrected chi connectivity index (χ4v) is 1.60. The van der Waals surface area contributed by atoms with Gasteiger partial charge in [-0.3, -0.25) is 5.11 Å². The molecule has 11 heavy (non-hydrogen) atoms. The molecule has 1 radical (unpaired) electrons. The van der Waals surface area contributed by atoms with E-state index in [4.69, 9.17) is 0 Å². The van der Waals surface area contributed by atoms with Crippen molar-refractivity contribution in [2.45, 2.75) is 19.6 Å². The molecule has 0 aliphatic rings. The Morgan fingerprint density at radius 3 is 2.00 bits per heavy atom. The highest BCUT2D eigenvalue weighted by Crippen LogP contribution is 2.37. The van der Waals surface area contributed by atoms with Crippen molar-refractivity contribution in [3.63, 3.8) is 0 Å². The van der Waals surface area contributed by atoms with Crippen LogP contribution in [-0.4, -0.2) is 0 Å². The van der Waals surface area contributed by atoms with Gasteiger partial charge < -0.3 is 0 Å². The van der Waals surface area contributed by atoms with Gasteiger partial charge in [-0.25, -0.2) is 0 Å². The lowest BCUT2D eigenvalue weighted by Gasteiger charge is -2.04. The van der Waals surface area contributed by atoms with Gasteiger partial charge in [-0.15, -0.1) is 50.5 Å². The summed E-state index contributed by atoms with van der Waals surface area (Å²) in [6.07, 6.45) is 0. The first kappa shape index (κ1) is 9.51. The van der Waals surface area contributed by atoms with E-state index in [2.05, 4.69) is 50.5 Å². The minimum Gasteiger partial charge on any atom is -0.289 e. The fourth-order valence-electron chi connectivity index (χ4n) is 0.611. The SMILES string of the molecule is [O]c1cc(S)c(S)c(S)c1S. The number of benzene rings is 1. The van der Waals surface area contributed by atoms with Crippen molar-refractivity contribution in [1.82, 2.24) is 0 Å². The highest BCUT2D eigenvalue weighted by molar-refractivity contribution is 7.86. The number of thiol groups is 4. The highest BCUT2D eigenvalue weighted by Gasteiger charge is 2.09. The van der Waals surface area contributed by atoms with Gasteiger partial charge >= 0.3 is 0 Å². The zero-order valence-electron chi connectivity index (χ0n) is 5.27. The van der Waals surface area contributed by atoms with Crippen molar-refractivity contribution in [2.24, 2.45) is 0 Å². The summed E-state index contributed by atoms with van der Waals surface area (Å²) in [5.74, 6) is -0.180. The van der Waals surface area contributed by atoms with Crippen LogP contribution in [0.2, 0.25) is 0 Å². The Hall–Kier alpha value is 0.420. The summed E-state index contributed by atoms with van der Waals surface area (Å²) in [5, 5.41) is 11.0. The van der Waals surface area contributed by atoms with Crippen LogP contribution in [0.25, 0.3) is 0 Å². The van der Waals surface area contributed by atoms with E-state index in [-0.39, 0.29) is 5.75 Å². The molecule has 0 fully saturated rings. The number of hydrogen-bond acceptors (Lipinski definition) is 4. The van der Waals surface area contributed by atoms with Gasteiger partial charge in [0.05, 0.1) is 4.90 Å². The topological polar surface area (TPSA) is 19.9 Å². The summed E-state index contributed by atoms with van der Waals surface area (Å²) >= 11 is 16.1. The molecule has 0 aliphatic carbocycles. The summed E-state index contributed by atoms with van der Waals surface area (Å²) in [4.78, 5) is 1.91. The van der Waals surface area contributed by atoms with E-state index >= 15 is 0 Å². The minimum absolute atomic E-state index is 0.180. The van der Waals surface area contributed by atoms with Gasteiger partial charge in [0.1, 0.15) is 0 Å². The Morgan fingerprint density at radius 2 is 1.45 bits per heavy atom. The van der Waals surface area contributed by atoms with Crippen LogP contribution in [0.3, 0.4) is 0 Å². The minimum atomic E-state index is -0.180. The third kappa shape index (κ3) is 1.77. The fraction of sp³-hybridized carbons (Fsp3) is 0. The summed E-state index contributed by atoms with van der Waals surface area (Å²) in [6, 6.07) is 1.37. The molecule has 59 valence electrons. The Bertz CT molecular complexity index is 271. The van der Waals surface area contributed by atoms with Gasteiger partial charge in [0.15, 0.2) is 5.75 Å². The summed E-state index contributed by atoms with van der Waals surface area (Å²) in [5.41, 5.74) is 0. The van der Waals surface area contributed by atoms with Gasteiger partial charge in [-0.1, -0.05) is 0 Å². The first-order chi connectivity index (χ1) is 5.04. The van der Waals surface area contributed by atoms with Crippen LogP contribution in [0.15, 0.2) is 25.6 Å². The van der Waals surface area contributed by atoms with Crippen molar-refractivity contribution >= 4 is 50.5 Å². The average molecular weight is 221 g/mol. The Morgan fingerprint density at radius 1 is 0.909 bits per heavy atom. The molecule has 0 N–H and O–H groups in total. The normalized spacial score (nSPS) is 10.2. The molecule has 0 amide bonds. The van der Waals surface area contributed by atoms with E-state index in [0.29, 0.717) is 19.6 Å². The van der Waals surface area contributed by atoms with Crippen LogP contribution in [0.5, 0.6) is 5.75 Å². The molecule has 1 aromatic carbocycles. The van der Waals surface area contributed by atoms with Gasteiger partial charge in [0.25, 0.3) is 0 Å². The highest BCUT2D eigenvalue weighted by atomic mass is 32.1. The number of hydrogen-bond donors (Lipinski definition) is 4. The van der Waals surface area contributed by atoms with E-state index < -0.39 is 0 Å². The van der Waals surface area contributed by atoms with Crippen molar-refractivity contribution in [3.8, 4) is 5.75 Å². The Kier molecular flexibility index (Phi) is 2.96. The predicted octanol–water partition coefficient (Wildman–Crippen LogP) is 2.99. The van der Waals surface area contributed by atoms with E-state index in [1.165, 1.54) is 6.07 Å². The van der Waals surface area contributed by atoms with E-state index in [1.807, 2.05) is 0 Å². The smallest absolute Gasteiger partial charge is 0.194 e. The van der Waals surface area contributed by atoms with Gasteiger partial charge in [-0.05, 0) is 0 Å². The van der Waals surface area contributed by atoms with E-state index in [9.17, 15) is 5.11 Å². The zero-order valence-corrected chi connectivity index (χ0v) is 8.85. The van der Waals surface area contributed by atoms with Gasteiger partial charge in [-0.2, -0.15) is 0 Å². The molecule has 0 bridgehead atoms. The molecule has 0 aliphatic heterocycles. The first-order valence-electron chi connectivity index (χ1n) is 2.68. The maximum Gasteiger partial charge on any atom is 0.194 e. The number of rotatable bonds is 0. The van der Waals surface area contributed by atoms with E-state index in [0.717, 1.165) is 0 Å². The third-order valence-corrected chi connectivity index (χ3v) is 3.43. The lowest BCUT2D eigenvalue weighted by atomic mass is 10.3. The second-order valence-electron chi connectivity index (χ2n) is 1.94. The van der Waals surface area contributed by atoms with Crippen LogP contribution in [0.1, 0.15) is 0 Å².